The first-order valence-electron chi connectivity index (χ1n) is 10.2. The number of carbonyl (C=O) groups excluding carboxylic acids is 1. The van der Waals surface area contributed by atoms with E-state index in [-0.39, 0.29) is 11.6 Å². The van der Waals surface area contributed by atoms with Crippen molar-refractivity contribution in [2.24, 2.45) is 0 Å². The summed E-state index contributed by atoms with van der Waals surface area (Å²) in [4.78, 5) is 21.7. The third-order valence-electron chi connectivity index (χ3n) is 5.15. The van der Waals surface area contributed by atoms with Gasteiger partial charge in [-0.15, -0.1) is 0 Å². The molecular formula is C25H17ClFN5O. The van der Waals surface area contributed by atoms with Gasteiger partial charge in [0.15, 0.2) is 5.65 Å². The highest BCUT2D eigenvalue weighted by molar-refractivity contribution is 6.30. The Kier molecular flexibility index (Phi) is 5.54. The fourth-order valence-electron chi connectivity index (χ4n) is 3.48. The van der Waals surface area contributed by atoms with Gasteiger partial charge in [0.25, 0.3) is 5.91 Å². The van der Waals surface area contributed by atoms with Crippen LogP contribution in [0.2, 0.25) is 5.02 Å². The minimum absolute atomic E-state index is 0.243. The standard InChI is InChI=1S/C25H17ClFN5O/c26-18-7-5-17(6-8-18)21-14-24-30-22(19-3-1-2-4-20(19)27)13-23(32(24)31-21)25(33)29-15-16-9-11-28-12-10-16/h1-14H,15H2,(H,29,33). The summed E-state index contributed by atoms with van der Waals surface area (Å²) < 4.78 is 16.0. The highest BCUT2D eigenvalue weighted by Crippen LogP contribution is 2.26. The minimum Gasteiger partial charge on any atom is -0.347 e. The van der Waals surface area contributed by atoms with E-state index in [9.17, 15) is 9.18 Å². The molecule has 0 unspecified atom stereocenters. The minimum atomic E-state index is -0.421. The van der Waals surface area contributed by atoms with Crippen molar-refractivity contribution in [1.29, 1.82) is 0 Å². The topological polar surface area (TPSA) is 72.2 Å². The number of hydrogen-bond donors (Lipinski definition) is 1. The molecule has 1 N–H and O–H groups in total. The van der Waals surface area contributed by atoms with Crippen LogP contribution in [0.25, 0.3) is 28.2 Å². The second kappa shape index (κ2) is 8.80. The molecule has 0 saturated carbocycles. The quantitative estimate of drug-likeness (QED) is 0.394. The predicted octanol–water partition coefficient (Wildman–Crippen LogP) is 5.18. The molecule has 0 spiro atoms. The lowest BCUT2D eigenvalue weighted by atomic mass is 10.1. The monoisotopic (exact) mass is 457 g/mol. The molecular weight excluding hydrogens is 441 g/mol. The Morgan fingerprint density at radius 3 is 2.48 bits per heavy atom. The van der Waals surface area contributed by atoms with Crippen molar-refractivity contribution in [1.82, 2.24) is 24.9 Å². The Bertz CT molecular complexity index is 1450. The normalized spacial score (nSPS) is 11.0. The van der Waals surface area contributed by atoms with Crippen molar-refractivity contribution in [2.45, 2.75) is 6.54 Å². The number of hydrogen-bond acceptors (Lipinski definition) is 4. The van der Waals surface area contributed by atoms with Crippen molar-refractivity contribution in [2.75, 3.05) is 0 Å². The fraction of sp³-hybridized carbons (Fsp3) is 0.0400. The van der Waals surface area contributed by atoms with Crippen LogP contribution in [-0.4, -0.2) is 25.5 Å². The van der Waals surface area contributed by atoms with Crippen LogP contribution < -0.4 is 5.32 Å². The van der Waals surface area contributed by atoms with Crippen molar-refractivity contribution in [3.8, 4) is 22.5 Å². The zero-order chi connectivity index (χ0) is 22.8. The van der Waals surface area contributed by atoms with Gasteiger partial charge in [0.05, 0.1) is 11.4 Å². The first-order chi connectivity index (χ1) is 16.1. The summed E-state index contributed by atoms with van der Waals surface area (Å²) in [6, 6.07) is 20.5. The van der Waals surface area contributed by atoms with Gasteiger partial charge in [0, 0.05) is 41.2 Å². The number of halogens is 2. The number of fused-ring (bicyclic) bond motifs is 1. The second-order valence-corrected chi connectivity index (χ2v) is 7.79. The van der Waals surface area contributed by atoms with Gasteiger partial charge < -0.3 is 5.32 Å². The molecule has 0 fully saturated rings. The Morgan fingerprint density at radius 1 is 0.970 bits per heavy atom. The van der Waals surface area contributed by atoms with Crippen LogP contribution in [0, 0.1) is 5.82 Å². The SMILES string of the molecule is O=C(NCc1ccncc1)c1cc(-c2ccccc2F)nc2cc(-c3ccc(Cl)cc3)nn12. The number of benzene rings is 2. The largest absolute Gasteiger partial charge is 0.347 e. The van der Waals surface area contributed by atoms with E-state index in [4.69, 9.17) is 11.6 Å². The van der Waals surface area contributed by atoms with E-state index in [0.29, 0.717) is 34.2 Å². The average molecular weight is 458 g/mol. The van der Waals surface area contributed by atoms with Crippen molar-refractivity contribution in [3.63, 3.8) is 0 Å². The molecule has 3 aromatic heterocycles. The molecule has 5 rings (SSSR count). The molecule has 0 aliphatic heterocycles. The second-order valence-electron chi connectivity index (χ2n) is 7.35. The number of pyridine rings is 1. The molecule has 6 nitrogen and oxygen atoms in total. The Hall–Kier alpha value is -4.10. The van der Waals surface area contributed by atoms with Crippen LogP contribution in [0.4, 0.5) is 4.39 Å². The molecule has 3 heterocycles. The zero-order valence-corrected chi connectivity index (χ0v) is 18.0. The van der Waals surface area contributed by atoms with Crippen molar-refractivity contribution >= 4 is 23.2 Å². The summed E-state index contributed by atoms with van der Waals surface area (Å²) in [6.45, 7) is 0.311. The number of aromatic nitrogens is 4. The molecule has 2 aromatic carbocycles. The summed E-state index contributed by atoms with van der Waals surface area (Å²) in [5, 5.41) is 8.09. The molecule has 0 aliphatic rings. The molecule has 162 valence electrons. The maximum absolute atomic E-state index is 14.5. The Balaban J connectivity index is 1.60. The van der Waals surface area contributed by atoms with Gasteiger partial charge in [-0.2, -0.15) is 5.10 Å². The third-order valence-corrected chi connectivity index (χ3v) is 5.40. The van der Waals surface area contributed by atoms with Gasteiger partial charge in [-0.25, -0.2) is 13.9 Å². The van der Waals surface area contributed by atoms with Gasteiger partial charge >= 0.3 is 0 Å². The van der Waals surface area contributed by atoms with Gasteiger partial charge in [-0.05, 0) is 48.0 Å². The molecule has 0 aliphatic carbocycles. The zero-order valence-electron chi connectivity index (χ0n) is 17.2. The van der Waals surface area contributed by atoms with Crippen LogP contribution in [0.15, 0.2) is 85.2 Å². The van der Waals surface area contributed by atoms with Crippen LogP contribution >= 0.6 is 11.6 Å². The summed E-state index contributed by atoms with van der Waals surface area (Å²) in [7, 11) is 0. The van der Waals surface area contributed by atoms with E-state index in [1.165, 1.54) is 10.6 Å². The molecule has 8 heteroatoms. The molecule has 33 heavy (non-hydrogen) atoms. The molecule has 0 radical (unpaired) electrons. The van der Waals surface area contributed by atoms with Gasteiger partial charge in [-0.3, -0.25) is 9.78 Å². The fourth-order valence-corrected chi connectivity index (χ4v) is 3.60. The van der Waals surface area contributed by atoms with Crippen molar-refractivity contribution < 1.29 is 9.18 Å². The van der Waals surface area contributed by atoms with Crippen LogP contribution in [0.3, 0.4) is 0 Å². The molecule has 1 amide bonds. The van der Waals surface area contributed by atoms with Gasteiger partial charge in [-0.1, -0.05) is 35.9 Å². The lowest BCUT2D eigenvalue weighted by molar-refractivity contribution is 0.0943. The molecule has 0 bridgehead atoms. The smallest absolute Gasteiger partial charge is 0.270 e. The number of rotatable bonds is 5. The van der Waals surface area contributed by atoms with E-state index in [0.717, 1.165) is 11.1 Å². The summed E-state index contributed by atoms with van der Waals surface area (Å²) in [6.07, 6.45) is 3.32. The highest BCUT2D eigenvalue weighted by atomic mass is 35.5. The Morgan fingerprint density at radius 2 is 1.73 bits per heavy atom. The van der Waals surface area contributed by atoms with E-state index in [1.807, 2.05) is 24.3 Å². The lowest BCUT2D eigenvalue weighted by Gasteiger charge is -2.10. The van der Waals surface area contributed by atoms with Gasteiger partial charge in [0.2, 0.25) is 0 Å². The summed E-state index contributed by atoms with van der Waals surface area (Å²) >= 11 is 6.00. The molecule has 0 atom stereocenters. The summed E-state index contributed by atoms with van der Waals surface area (Å²) in [5.41, 5.74) is 3.66. The van der Waals surface area contributed by atoms with Crippen LogP contribution in [0.1, 0.15) is 16.1 Å². The Labute approximate surface area is 193 Å². The van der Waals surface area contributed by atoms with E-state index >= 15 is 0 Å². The number of carbonyl (C=O) groups is 1. The number of nitrogens with one attached hydrogen (secondary N) is 1. The molecule has 5 aromatic rings. The van der Waals surface area contributed by atoms with Gasteiger partial charge in [0.1, 0.15) is 11.5 Å². The average Bonchev–Trinajstić information content (AvgIpc) is 3.27. The lowest BCUT2D eigenvalue weighted by Crippen LogP contribution is -2.25. The van der Waals surface area contributed by atoms with E-state index in [1.54, 1.807) is 54.9 Å². The highest BCUT2D eigenvalue weighted by Gasteiger charge is 2.18. The van der Waals surface area contributed by atoms with Crippen LogP contribution in [0.5, 0.6) is 0 Å². The van der Waals surface area contributed by atoms with Crippen molar-refractivity contribution in [3.05, 3.63) is 107 Å². The van der Waals surface area contributed by atoms with Crippen LogP contribution in [-0.2, 0) is 6.54 Å². The maximum atomic E-state index is 14.5. The molecule has 0 saturated heterocycles. The number of nitrogens with zero attached hydrogens (tertiary/aromatic N) is 4. The summed E-state index contributed by atoms with van der Waals surface area (Å²) in [5.74, 6) is -0.780. The maximum Gasteiger partial charge on any atom is 0.270 e. The van der Waals surface area contributed by atoms with E-state index < -0.39 is 5.82 Å². The third kappa shape index (κ3) is 4.31. The predicted molar refractivity (Wildman–Crippen MR) is 124 cm³/mol. The first kappa shape index (κ1) is 20.8. The van der Waals surface area contributed by atoms with E-state index in [2.05, 4.69) is 20.4 Å². The number of amides is 1. The first-order valence-corrected chi connectivity index (χ1v) is 10.5.